The van der Waals surface area contributed by atoms with E-state index in [4.69, 9.17) is 90.7 Å². The SMILES string of the molecule is Fc1ccc2[nH]c(-c3cccnc3Cl)nc2c1F.N#Cc1ccc(-c2ncccc2-c2nc3c(F)cc(F)cc3[nH]2)cc1.N#Cc1ccc(-c2ncccc2-c2nc3cc(Cl)c(Cl)cc3[nH]2)cc1.N#Cc1ccc(-c2ncccc2-c2nc3ccc(Cl)cc3[nH]2)cc1.N#Cc1ccc(-c2ncccc2-c2nc3ccc(Cl)cc3[nH]2)cc1.O=S1(=O)CCC(c2ncccc2-c2nc3c(Cl)cc(C(F)(F)F)cc3[nH]2)CC1. The van der Waals surface area contributed by atoms with E-state index in [1.54, 1.807) is 140 Å². The second kappa shape index (κ2) is 42.2. The Morgan fingerprint density at radius 1 is 0.326 bits per heavy atom. The summed E-state index contributed by atoms with van der Waals surface area (Å²) in [4.78, 5) is 71.3. The number of aromatic nitrogens is 18. The van der Waals surface area contributed by atoms with Gasteiger partial charge in [-0.05, 0) is 213 Å². The van der Waals surface area contributed by atoms with Crippen LogP contribution in [0.5, 0.6) is 0 Å². The Kier molecular flexibility index (Phi) is 28.5. The molecule has 0 saturated carbocycles. The van der Waals surface area contributed by atoms with Crippen molar-refractivity contribution in [1.29, 1.82) is 21.0 Å². The third-order valence-corrected chi connectivity index (χ3v) is 26.3. The largest absolute Gasteiger partial charge is 0.416 e. The smallest absolute Gasteiger partial charge is 0.338 e. The Morgan fingerprint density at radius 2 is 0.694 bits per heavy atom. The lowest BCUT2D eigenvalue weighted by molar-refractivity contribution is -0.137. The topological polar surface area (TPSA) is 379 Å². The molecule has 13 heterocycles. The number of hydrogen-bond donors (Lipinski definition) is 6. The molecule has 12 aromatic heterocycles. The van der Waals surface area contributed by atoms with Gasteiger partial charge in [-0.2, -0.15) is 34.2 Å². The molecule has 6 N–H and O–H groups in total. The van der Waals surface area contributed by atoms with Crippen LogP contribution in [0.4, 0.5) is 30.7 Å². The number of sulfone groups is 1. The van der Waals surface area contributed by atoms with E-state index in [0.29, 0.717) is 112 Å². The number of fused-ring (bicyclic) bond motifs is 6. The number of nitrogens with one attached hydrogen (secondary N) is 6. The minimum atomic E-state index is -4.52. The van der Waals surface area contributed by atoms with Gasteiger partial charge in [-0.25, -0.2) is 60.9 Å². The van der Waals surface area contributed by atoms with E-state index in [0.717, 1.165) is 125 Å². The maximum Gasteiger partial charge on any atom is 0.416 e. The minimum absolute atomic E-state index is 0.0510. The maximum absolute atomic E-state index is 13.9. The normalized spacial score (nSPS) is 12.1. The van der Waals surface area contributed by atoms with E-state index in [1.165, 1.54) is 18.3 Å². The van der Waals surface area contributed by atoms with Crippen LogP contribution in [0.25, 0.3) is 180 Å². The van der Waals surface area contributed by atoms with E-state index >= 15 is 0 Å². The number of nitriles is 4. The fourth-order valence-corrected chi connectivity index (χ4v) is 18.4. The van der Waals surface area contributed by atoms with Crippen molar-refractivity contribution >= 4 is 146 Å². The van der Waals surface area contributed by atoms with Gasteiger partial charge in [-0.1, -0.05) is 118 Å². The standard InChI is InChI=1S/C19H10Cl2N4.2C19H11ClN4.C19H10F2N4.C18H15ClF3N3O2S.C12H6ClF2N3/c20-14-8-16-17(9-15(14)21)25-19(24-16)13-2-1-7-23-18(13)12-5-3-11(10-22)4-6-12;2*20-14-7-8-16-17(10-14)24-19(23-16)15-2-1-9-22-18(15)13-5-3-12(11-21)4-6-13;20-13-8-15(21)18-16(9-13)24-19(25-18)14-2-1-7-23-17(14)12-5-3-11(10-22)4-6-12;19-13-8-11(18(20,21)22)9-14-16(13)25-17(24-14)12-2-1-5-23-15(12)10-3-6-28(26,27)7-4-10;13-11-6(2-1-5-16-11)12-17-8-4-3-7(14)9(15)10(8)18-12/h1-9H,(H,24,25);2*1-10H,(H,23,24);1-9H,(H,24,25);1-2,5,8-10H,3-4,6-7H2,(H,24,25);1-5H,(H,17,18). The number of pyridine rings is 6. The second-order valence-electron chi connectivity index (χ2n) is 32.1. The lowest BCUT2D eigenvalue weighted by atomic mass is 9.94. The summed E-state index contributed by atoms with van der Waals surface area (Å²) in [6, 6.07) is 80.2. The first-order chi connectivity index (χ1) is 69.6. The van der Waals surface area contributed by atoms with E-state index in [-0.39, 0.29) is 55.2 Å². The number of alkyl halides is 3. The molecule has 23 rings (SSSR count). The van der Waals surface area contributed by atoms with Crippen LogP contribution in [-0.2, 0) is 16.0 Å². The van der Waals surface area contributed by atoms with Gasteiger partial charge in [0.25, 0.3) is 0 Å². The van der Waals surface area contributed by atoms with Gasteiger partial charge in [-0.3, -0.25) is 24.9 Å². The van der Waals surface area contributed by atoms with E-state index in [2.05, 4.69) is 114 Å². The number of imidazole rings is 6. The summed E-state index contributed by atoms with van der Waals surface area (Å²) in [5, 5.41) is 38.2. The molecule has 38 heteroatoms. The molecule has 22 aromatic rings. The maximum atomic E-state index is 13.9. The molecular weight excluding hydrogens is 1990 g/mol. The molecule has 1 aliphatic rings. The molecule has 1 fully saturated rings. The number of halogens is 13. The van der Waals surface area contributed by atoms with Gasteiger partial charge in [0.1, 0.15) is 72.3 Å². The fraction of sp³-hybridized carbons (Fsp3) is 0.0566. The zero-order valence-electron chi connectivity index (χ0n) is 73.9. The number of benzene rings is 10. The highest BCUT2D eigenvalue weighted by Gasteiger charge is 2.34. The van der Waals surface area contributed by atoms with Crippen LogP contribution >= 0.6 is 69.6 Å². The molecule has 0 atom stereocenters. The summed E-state index contributed by atoms with van der Waals surface area (Å²) in [5.41, 5.74) is 19.4. The molecule has 0 radical (unpaired) electrons. The summed E-state index contributed by atoms with van der Waals surface area (Å²) in [5.74, 6) is 0.0814. The van der Waals surface area contributed by atoms with Crippen LogP contribution in [0.1, 0.15) is 52.3 Å². The molecule has 1 saturated heterocycles. The van der Waals surface area contributed by atoms with Crippen LogP contribution in [0.2, 0.25) is 30.3 Å². The van der Waals surface area contributed by atoms with Crippen molar-refractivity contribution in [2.24, 2.45) is 0 Å². The average Bonchev–Trinajstić information content (AvgIpc) is 1.61. The van der Waals surface area contributed by atoms with Gasteiger partial charge in [0, 0.05) is 109 Å². The molecule has 0 spiro atoms. The van der Waals surface area contributed by atoms with Crippen LogP contribution in [0.15, 0.2) is 292 Å². The van der Waals surface area contributed by atoms with Crippen molar-refractivity contribution in [2.45, 2.75) is 24.9 Å². The molecule has 10 aromatic carbocycles. The zero-order valence-corrected chi connectivity index (χ0v) is 79.3. The molecule has 0 aliphatic carbocycles. The highest BCUT2D eigenvalue weighted by molar-refractivity contribution is 7.91. The Balaban J connectivity index is 0.000000114. The predicted octanol–water partition coefficient (Wildman–Crippen LogP) is 27.7. The molecule has 24 nitrogen and oxygen atoms in total. The van der Waals surface area contributed by atoms with Crippen LogP contribution in [-0.4, -0.2) is 110 Å². The summed E-state index contributed by atoms with van der Waals surface area (Å²) in [6.07, 6.45) is 6.39. The van der Waals surface area contributed by atoms with Gasteiger partial charge in [-0.15, -0.1) is 0 Å². The Bertz CT molecular complexity index is 8740. The molecule has 0 unspecified atom stereocenters. The fourth-order valence-electron chi connectivity index (χ4n) is 15.8. The summed E-state index contributed by atoms with van der Waals surface area (Å²) >= 11 is 36.2. The van der Waals surface area contributed by atoms with Gasteiger partial charge >= 0.3 is 6.18 Å². The molecule has 0 bridgehead atoms. The zero-order chi connectivity index (χ0) is 101. The predicted molar refractivity (Wildman–Crippen MR) is 542 cm³/mol. The van der Waals surface area contributed by atoms with Crippen molar-refractivity contribution < 1.29 is 39.2 Å². The third kappa shape index (κ3) is 21.7. The van der Waals surface area contributed by atoms with E-state index < -0.39 is 44.8 Å². The molecule has 1 aliphatic heterocycles. The van der Waals surface area contributed by atoms with Gasteiger partial charge in [0.2, 0.25) is 0 Å². The third-order valence-electron chi connectivity index (χ3n) is 22.8. The Hall–Kier alpha value is -16.9. The first-order valence-corrected chi connectivity index (χ1v) is 47.4. The molecule has 144 heavy (non-hydrogen) atoms. The quantitative estimate of drug-likeness (QED) is 0.0517. The lowest BCUT2D eigenvalue weighted by Gasteiger charge is -2.22. The van der Waals surface area contributed by atoms with E-state index in [1.807, 2.05) is 109 Å². The second-order valence-corrected chi connectivity index (χ2v) is 36.8. The lowest BCUT2D eigenvalue weighted by Crippen LogP contribution is -2.23. The van der Waals surface area contributed by atoms with Gasteiger partial charge in [0.05, 0.1) is 162 Å². The van der Waals surface area contributed by atoms with Crippen molar-refractivity contribution in [3.05, 3.63) is 379 Å². The van der Waals surface area contributed by atoms with Crippen LogP contribution in [0.3, 0.4) is 0 Å². The van der Waals surface area contributed by atoms with Crippen molar-refractivity contribution in [2.75, 3.05) is 11.5 Å². The van der Waals surface area contributed by atoms with Gasteiger partial charge in [0.15, 0.2) is 17.5 Å². The van der Waals surface area contributed by atoms with Crippen molar-refractivity contribution in [3.8, 4) is 138 Å². The molecule has 706 valence electrons. The highest BCUT2D eigenvalue weighted by atomic mass is 35.5. The summed E-state index contributed by atoms with van der Waals surface area (Å²) in [6.45, 7) is 0. The number of H-pyrrole nitrogens is 6. The minimum Gasteiger partial charge on any atom is -0.338 e. The van der Waals surface area contributed by atoms with Crippen LogP contribution in [0, 0.1) is 68.6 Å². The summed E-state index contributed by atoms with van der Waals surface area (Å²) in [7, 11) is -3.02. The summed E-state index contributed by atoms with van der Waals surface area (Å²) < 4.78 is 116. The first kappa shape index (κ1) is 97.3. The highest BCUT2D eigenvalue weighted by Crippen LogP contribution is 2.42. The molecular formula is C106H63Cl6F7N22O2S. The van der Waals surface area contributed by atoms with Crippen molar-refractivity contribution in [3.63, 3.8) is 0 Å². The Morgan fingerprint density at radius 3 is 1.15 bits per heavy atom. The first-order valence-electron chi connectivity index (χ1n) is 43.3. The molecule has 0 amide bonds. The monoisotopic (exact) mass is 2050 g/mol. The number of aromatic amines is 6. The number of hydrogen-bond acceptors (Lipinski definition) is 18. The number of rotatable bonds is 11. The average molecular weight is 2050 g/mol. The van der Waals surface area contributed by atoms with Gasteiger partial charge < -0.3 is 29.9 Å². The Labute approximate surface area is 842 Å². The van der Waals surface area contributed by atoms with Crippen molar-refractivity contribution in [1.82, 2.24) is 89.7 Å². The number of nitrogens with zero attached hydrogens (tertiary/aromatic N) is 16. The van der Waals surface area contributed by atoms with E-state index in [9.17, 15) is 39.2 Å². The van der Waals surface area contributed by atoms with Crippen LogP contribution < -0.4 is 0 Å².